The summed E-state index contributed by atoms with van der Waals surface area (Å²) in [6.45, 7) is 0. The molecule has 0 aliphatic heterocycles. The van der Waals surface area contributed by atoms with Crippen molar-refractivity contribution in [1.29, 1.82) is 0 Å². The third-order valence-electron chi connectivity index (χ3n) is 2.66. The first kappa shape index (κ1) is 14.6. The minimum atomic E-state index is -2.23. The monoisotopic (exact) mass is 308 g/mol. The molecule has 0 saturated heterocycles. The molecule has 0 atom stereocenters. The van der Waals surface area contributed by atoms with Crippen molar-refractivity contribution < 1.29 is 26.7 Å². The van der Waals surface area contributed by atoms with E-state index in [0.29, 0.717) is 0 Å². The van der Waals surface area contributed by atoms with Crippen molar-refractivity contribution in [3.05, 3.63) is 52.3 Å². The standard InChI is InChI=1S/C13H6ClF5O/c1-20-6-4-2-3-5(14)7(6)8-9(15)11(17)13(19)12(18)10(8)16/h2-4H,1H3. The van der Waals surface area contributed by atoms with Crippen LogP contribution in [0.25, 0.3) is 11.1 Å². The van der Waals surface area contributed by atoms with Gasteiger partial charge in [-0.3, -0.25) is 0 Å². The number of rotatable bonds is 2. The van der Waals surface area contributed by atoms with Crippen molar-refractivity contribution in [3.8, 4) is 16.9 Å². The summed E-state index contributed by atoms with van der Waals surface area (Å²) in [5.74, 6) is -10.3. The molecule has 0 amide bonds. The largest absolute Gasteiger partial charge is 0.496 e. The normalized spacial score (nSPS) is 10.8. The molecular formula is C13H6ClF5O. The van der Waals surface area contributed by atoms with Gasteiger partial charge in [0.2, 0.25) is 5.82 Å². The van der Waals surface area contributed by atoms with Crippen LogP contribution in [0.2, 0.25) is 5.02 Å². The average Bonchev–Trinajstić information content (AvgIpc) is 2.44. The molecule has 0 radical (unpaired) electrons. The van der Waals surface area contributed by atoms with Crippen LogP contribution in [-0.2, 0) is 0 Å². The Morgan fingerprint density at radius 1 is 0.800 bits per heavy atom. The van der Waals surface area contributed by atoms with Gasteiger partial charge in [0.15, 0.2) is 23.3 Å². The second kappa shape index (κ2) is 5.28. The van der Waals surface area contributed by atoms with Crippen molar-refractivity contribution in [1.82, 2.24) is 0 Å². The van der Waals surface area contributed by atoms with E-state index in [1.54, 1.807) is 0 Å². The van der Waals surface area contributed by atoms with Crippen molar-refractivity contribution in [2.24, 2.45) is 0 Å². The quantitative estimate of drug-likeness (QED) is 0.443. The Kier molecular flexibility index (Phi) is 3.85. The highest BCUT2D eigenvalue weighted by Crippen LogP contribution is 2.41. The zero-order chi connectivity index (χ0) is 15.0. The lowest BCUT2D eigenvalue weighted by Crippen LogP contribution is -2.05. The molecule has 2 rings (SSSR count). The van der Waals surface area contributed by atoms with Gasteiger partial charge in [0.25, 0.3) is 0 Å². The van der Waals surface area contributed by atoms with Gasteiger partial charge in [0, 0.05) is 5.56 Å². The van der Waals surface area contributed by atoms with E-state index in [0.717, 1.165) is 0 Å². The molecule has 1 nitrogen and oxygen atoms in total. The van der Waals surface area contributed by atoms with Gasteiger partial charge in [-0.1, -0.05) is 17.7 Å². The number of ether oxygens (including phenoxy) is 1. The molecule has 0 spiro atoms. The highest BCUT2D eigenvalue weighted by atomic mass is 35.5. The van der Waals surface area contributed by atoms with E-state index in [2.05, 4.69) is 0 Å². The lowest BCUT2D eigenvalue weighted by Gasteiger charge is -2.13. The van der Waals surface area contributed by atoms with E-state index in [1.807, 2.05) is 0 Å². The topological polar surface area (TPSA) is 9.23 Å². The summed E-state index contributed by atoms with van der Waals surface area (Å²) in [5, 5.41) is -0.201. The fraction of sp³-hybridized carbons (Fsp3) is 0.0769. The predicted molar refractivity (Wildman–Crippen MR) is 63.2 cm³/mol. The fourth-order valence-electron chi connectivity index (χ4n) is 1.74. The number of methoxy groups -OCH3 is 1. The van der Waals surface area contributed by atoms with Crippen LogP contribution in [0.3, 0.4) is 0 Å². The highest BCUT2D eigenvalue weighted by molar-refractivity contribution is 6.33. The molecule has 0 N–H and O–H groups in total. The lowest BCUT2D eigenvalue weighted by atomic mass is 10.0. The maximum Gasteiger partial charge on any atom is 0.200 e. The fourth-order valence-corrected chi connectivity index (χ4v) is 2.00. The van der Waals surface area contributed by atoms with Crippen LogP contribution in [0.1, 0.15) is 0 Å². The molecule has 106 valence electrons. The van der Waals surface area contributed by atoms with Crippen LogP contribution < -0.4 is 4.74 Å². The van der Waals surface area contributed by atoms with Crippen LogP contribution in [0.15, 0.2) is 18.2 Å². The predicted octanol–water partition coefficient (Wildman–Crippen LogP) is 4.71. The Balaban J connectivity index is 2.91. The van der Waals surface area contributed by atoms with E-state index in [9.17, 15) is 22.0 Å². The Morgan fingerprint density at radius 2 is 1.30 bits per heavy atom. The van der Waals surface area contributed by atoms with Gasteiger partial charge in [0.05, 0.1) is 17.7 Å². The third-order valence-corrected chi connectivity index (χ3v) is 2.97. The van der Waals surface area contributed by atoms with Crippen LogP contribution in [0, 0.1) is 29.1 Å². The highest BCUT2D eigenvalue weighted by Gasteiger charge is 2.29. The van der Waals surface area contributed by atoms with Gasteiger partial charge in [-0.05, 0) is 12.1 Å². The van der Waals surface area contributed by atoms with Crippen LogP contribution in [-0.4, -0.2) is 7.11 Å². The van der Waals surface area contributed by atoms with Gasteiger partial charge >= 0.3 is 0 Å². The number of hydrogen-bond donors (Lipinski definition) is 0. The Hall–Kier alpha value is -1.82. The molecule has 2 aromatic rings. The molecular weight excluding hydrogens is 303 g/mol. The van der Waals surface area contributed by atoms with E-state index >= 15 is 0 Å². The van der Waals surface area contributed by atoms with E-state index in [4.69, 9.17) is 16.3 Å². The van der Waals surface area contributed by atoms with Gasteiger partial charge in [-0.2, -0.15) is 0 Å². The minimum absolute atomic E-state index is 0.110. The Labute approximate surface area is 115 Å². The van der Waals surface area contributed by atoms with Crippen molar-refractivity contribution in [2.45, 2.75) is 0 Å². The summed E-state index contributed by atoms with van der Waals surface area (Å²) in [4.78, 5) is 0. The van der Waals surface area contributed by atoms with Crippen LogP contribution in [0.5, 0.6) is 5.75 Å². The van der Waals surface area contributed by atoms with Gasteiger partial charge < -0.3 is 4.74 Å². The first-order chi connectivity index (χ1) is 9.40. The summed E-state index contributed by atoms with van der Waals surface area (Å²) < 4.78 is 71.8. The third kappa shape index (κ3) is 2.10. The molecule has 0 aromatic heterocycles. The van der Waals surface area contributed by atoms with Gasteiger partial charge in [0.1, 0.15) is 5.75 Å². The Bertz CT molecular complexity index is 658. The summed E-state index contributed by atoms with van der Waals surface area (Å²) in [5.41, 5.74) is -1.52. The van der Waals surface area contributed by atoms with E-state index < -0.39 is 40.2 Å². The number of hydrogen-bond acceptors (Lipinski definition) is 1. The minimum Gasteiger partial charge on any atom is -0.496 e. The molecule has 20 heavy (non-hydrogen) atoms. The molecule has 0 heterocycles. The summed E-state index contributed by atoms with van der Waals surface area (Å²) in [6.07, 6.45) is 0. The zero-order valence-electron chi connectivity index (χ0n) is 9.91. The molecule has 0 aliphatic rings. The molecule has 0 bridgehead atoms. The van der Waals surface area contributed by atoms with E-state index in [-0.39, 0.29) is 10.8 Å². The van der Waals surface area contributed by atoms with Crippen LogP contribution >= 0.6 is 11.6 Å². The summed E-state index contributed by atoms with van der Waals surface area (Å²) in [6, 6.07) is 3.95. The number of halogens is 6. The molecule has 0 unspecified atom stereocenters. The molecule has 0 aliphatic carbocycles. The van der Waals surface area contributed by atoms with Gasteiger partial charge in [-0.25, -0.2) is 22.0 Å². The molecule has 0 saturated carbocycles. The number of benzene rings is 2. The zero-order valence-corrected chi connectivity index (χ0v) is 10.7. The maximum absolute atomic E-state index is 13.7. The first-order valence-corrected chi connectivity index (χ1v) is 5.62. The molecule has 7 heteroatoms. The summed E-state index contributed by atoms with van der Waals surface area (Å²) in [7, 11) is 1.18. The second-order valence-electron chi connectivity index (χ2n) is 3.76. The van der Waals surface area contributed by atoms with Crippen molar-refractivity contribution in [2.75, 3.05) is 7.11 Å². The Morgan fingerprint density at radius 3 is 1.80 bits per heavy atom. The van der Waals surface area contributed by atoms with Gasteiger partial charge in [-0.15, -0.1) is 0 Å². The second-order valence-corrected chi connectivity index (χ2v) is 4.17. The average molecular weight is 309 g/mol. The SMILES string of the molecule is COc1cccc(Cl)c1-c1c(F)c(F)c(F)c(F)c1F. The van der Waals surface area contributed by atoms with E-state index in [1.165, 1.54) is 25.3 Å². The first-order valence-electron chi connectivity index (χ1n) is 5.24. The van der Waals surface area contributed by atoms with Crippen molar-refractivity contribution >= 4 is 11.6 Å². The molecule has 0 fully saturated rings. The summed E-state index contributed by atoms with van der Waals surface area (Å²) >= 11 is 5.78. The molecule has 2 aromatic carbocycles. The smallest absolute Gasteiger partial charge is 0.200 e. The maximum atomic E-state index is 13.7. The van der Waals surface area contributed by atoms with Crippen molar-refractivity contribution in [3.63, 3.8) is 0 Å². The van der Waals surface area contributed by atoms with Crippen LogP contribution in [0.4, 0.5) is 22.0 Å². The lowest BCUT2D eigenvalue weighted by molar-refractivity contribution is 0.379.